The minimum absolute atomic E-state index is 0.367. The third-order valence-electron chi connectivity index (χ3n) is 3.45. The van der Waals surface area contributed by atoms with Crippen molar-refractivity contribution >= 4 is 29.5 Å². The molecule has 0 unspecified atom stereocenters. The first-order chi connectivity index (χ1) is 10.6. The average molecular weight is 293 g/mol. The SMILES string of the molecule is CC(=O)N1C(=O)O/C(=C\c2ccccc2)c2cc(C)ccc21. The molecular formula is C18H15NO3. The molecular weight excluding hydrogens is 278 g/mol. The number of hydrogen-bond acceptors (Lipinski definition) is 3. The van der Waals surface area contributed by atoms with Crippen LogP contribution in [0.5, 0.6) is 0 Å². The van der Waals surface area contributed by atoms with Gasteiger partial charge in [0.05, 0.1) is 5.69 Å². The van der Waals surface area contributed by atoms with Crippen LogP contribution in [0, 0.1) is 6.92 Å². The molecule has 1 aliphatic rings. The van der Waals surface area contributed by atoms with Crippen molar-refractivity contribution in [2.75, 3.05) is 4.90 Å². The van der Waals surface area contributed by atoms with Gasteiger partial charge in [-0.2, -0.15) is 0 Å². The summed E-state index contributed by atoms with van der Waals surface area (Å²) >= 11 is 0. The normalized spacial score (nSPS) is 15.5. The second kappa shape index (κ2) is 5.48. The van der Waals surface area contributed by atoms with Gasteiger partial charge >= 0.3 is 6.09 Å². The molecule has 0 aliphatic carbocycles. The third-order valence-corrected chi connectivity index (χ3v) is 3.45. The molecule has 0 radical (unpaired) electrons. The molecule has 2 aromatic rings. The molecule has 0 atom stereocenters. The first-order valence-electron chi connectivity index (χ1n) is 6.96. The monoisotopic (exact) mass is 293 g/mol. The summed E-state index contributed by atoms with van der Waals surface area (Å²) in [5.41, 5.74) is 3.24. The molecule has 1 heterocycles. The predicted molar refractivity (Wildman–Crippen MR) is 85.1 cm³/mol. The molecule has 0 bridgehead atoms. The van der Waals surface area contributed by atoms with Crippen LogP contribution in [0.4, 0.5) is 10.5 Å². The van der Waals surface area contributed by atoms with Crippen molar-refractivity contribution in [1.29, 1.82) is 0 Å². The molecule has 0 saturated carbocycles. The van der Waals surface area contributed by atoms with Gasteiger partial charge in [-0.25, -0.2) is 9.69 Å². The van der Waals surface area contributed by atoms with Gasteiger partial charge in [-0.1, -0.05) is 42.0 Å². The number of rotatable bonds is 1. The quantitative estimate of drug-likeness (QED) is 0.798. The van der Waals surface area contributed by atoms with E-state index in [1.807, 2.05) is 49.4 Å². The minimum atomic E-state index is -0.675. The second-order valence-corrected chi connectivity index (χ2v) is 5.16. The summed E-state index contributed by atoms with van der Waals surface area (Å²) in [5, 5.41) is 0. The van der Waals surface area contributed by atoms with Crippen molar-refractivity contribution in [2.24, 2.45) is 0 Å². The van der Waals surface area contributed by atoms with Gasteiger partial charge in [-0.15, -0.1) is 0 Å². The maximum Gasteiger partial charge on any atom is 0.426 e. The average Bonchev–Trinajstić information content (AvgIpc) is 2.48. The number of benzene rings is 2. The summed E-state index contributed by atoms with van der Waals surface area (Å²) in [6.45, 7) is 3.30. The lowest BCUT2D eigenvalue weighted by atomic mass is 10.0. The van der Waals surface area contributed by atoms with Crippen LogP contribution in [0.25, 0.3) is 11.8 Å². The number of amides is 2. The number of aryl methyl sites for hydroxylation is 1. The first kappa shape index (κ1) is 14.1. The van der Waals surface area contributed by atoms with E-state index in [0.29, 0.717) is 11.4 Å². The Bertz CT molecular complexity index is 778. The number of carbonyl (C=O) groups excluding carboxylic acids is 2. The number of carbonyl (C=O) groups is 2. The molecule has 22 heavy (non-hydrogen) atoms. The van der Waals surface area contributed by atoms with Crippen LogP contribution in [-0.2, 0) is 9.53 Å². The Kier molecular flexibility index (Phi) is 3.51. The van der Waals surface area contributed by atoms with E-state index in [9.17, 15) is 9.59 Å². The fourth-order valence-corrected chi connectivity index (χ4v) is 2.44. The van der Waals surface area contributed by atoms with Crippen molar-refractivity contribution in [3.63, 3.8) is 0 Å². The van der Waals surface area contributed by atoms with Crippen LogP contribution < -0.4 is 4.90 Å². The Morgan fingerprint density at radius 3 is 2.55 bits per heavy atom. The number of cyclic esters (lactones) is 1. The lowest BCUT2D eigenvalue weighted by molar-refractivity contribution is -0.116. The van der Waals surface area contributed by atoms with E-state index in [1.54, 1.807) is 12.1 Å². The first-order valence-corrected chi connectivity index (χ1v) is 6.96. The minimum Gasteiger partial charge on any atom is -0.409 e. The fraction of sp³-hybridized carbons (Fsp3) is 0.111. The van der Waals surface area contributed by atoms with Crippen LogP contribution in [0.2, 0.25) is 0 Å². The van der Waals surface area contributed by atoms with E-state index in [1.165, 1.54) is 6.92 Å². The fourth-order valence-electron chi connectivity index (χ4n) is 2.44. The number of imide groups is 1. The zero-order valence-electron chi connectivity index (χ0n) is 12.4. The van der Waals surface area contributed by atoms with Crippen molar-refractivity contribution < 1.29 is 14.3 Å². The maximum atomic E-state index is 12.1. The van der Waals surface area contributed by atoms with Gasteiger partial charge < -0.3 is 4.74 Å². The van der Waals surface area contributed by atoms with Crippen molar-refractivity contribution in [2.45, 2.75) is 13.8 Å². The summed E-state index contributed by atoms with van der Waals surface area (Å²) < 4.78 is 5.37. The van der Waals surface area contributed by atoms with Crippen LogP contribution >= 0.6 is 0 Å². The molecule has 0 fully saturated rings. The van der Waals surface area contributed by atoms with Crippen molar-refractivity contribution in [3.8, 4) is 0 Å². The van der Waals surface area contributed by atoms with E-state index in [2.05, 4.69) is 0 Å². The van der Waals surface area contributed by atoms with Crippen molar-refractivity contribution in [3.05, 3.63) is 65.2 Å². The number of anilines is 1. The largest absolute Gasteiger partial charge is 0.426 e. The highest BCUT2D eigenvalue weighted by Crippen LogP contribution is 2.35. The topological polar surface area (TPSA) is 46.6 Å². The molecule has 0 saturated heterocycles. The lowest BCUT2D eigenvalue weighted by Gasteiger charge is -2.28. The maximum absolute atomic E-state index is 12.1. The zero-order chi connectivity index (χ0) is 15.7. The summed E-state index contributed by atoms with van der Waals surface area (Å²) in [6, 6.07) is 15.1. The van der Waals surface area contributed by atoms with Crippen LogP contribution in [0.15, 0.2) is 48.5 Å². The molecule has 2 aromatic carbocycles. The Balaban J connectivity index is 2.16. The summed E-state index contributed by atoms with van der Waals surface area (Å²) in [6.07, 6.45) is 1.12. The summed E-state index contributed by atoms with van der Waals surface area (Å²) in [7, 11) is 0. The standard InChI is InChI=1S/C18H15NO3/c1-12-8-9-16-15(10-12)17(11-14-6-4-3-5-7-14)22-18(21)19(16)13(2)20/h3-11H,1-2H3/b17-11-. The molecule has 0 spiro atoms. The lowest BCUT2D eigenvalue weighted by Crippen LogP contribution is -2.38. The molecule has 110 valence electrons. The van der Waals surface area contributed by atoms with E-state index < -0.39 is 6.09 Å². The zero-order valence-corrected chi connectivity index (χ0v) is 12.4. The molecule has 4 nitrogen and oxygen atoms in total. The number of fused-ring (bicyclic) bond motifs is 1. The number of ether oxygens (including phenoxy) is 1. The molecule has 0 N–H and O–H groups in total. The summed E-state index contributed by atoms with van der Waals surface area (Å²) in [5.74, 6) is 0.0845. The molecule has 2 amide bonds. The number of nitrogens with zero attached hydrogens (tertiary/aromatic N) is 1. The molecule has 4 heteroatoms. The Labute approximate surface area is 128 Å². The van der Waals surface area contributed by atoms with Gasteiger partial charge in [-0.3, -0.25) is 4.79 Å². The van der Waals surface area contributed by atoms with Crippen molar-refractivity contribution in [1.82, 2.24) is 0 Å². The van der Waals surface area contributed by atoms with E-state index >= 15 is 0 Å². The second-order valence-electron chi connectivity index (χ2n) is 5.16. The third kappa shape index (κ3) is 2.51. The van der Waals surface area contributed by atoms with Gasteiger partial charge in [0.25, 0.3) is 0 Å². The highest BCUT2D eigenvalue weighted by molar-refractivity contribution is 6.16. The van der Waals surface area contributed by atoms with Gasteiger partial charge in [0.2, 0.25) is 5.91 Å². The molecule has 3 rings (SSSR count). The van der Waals surface area contributed by atoms with E-state index in [0.717, 1.165) is 21.6 Å². The highest BCUT2D eigenvalue weighted by atomic mass is 16.6. The highest BCUT2D eigenvalue weighted by Gasteiger charge is 2.32. The Hall–Kier alpha value is -2.88. The van der Waals surface area contributed by atoms with E-state index in [4.69, 9.17) is 4.74 Å². The predicted octanol–water partition coefficient (Wildman–Crippen LogP) is 4.00. The van der Waals surface area contributed by atoms with Gasteiger partial charge in [0.15, 0.2) is 0 Å². The molecule has 1 aliphatic heterocycles. The Morgan fingerprint density at radius 1 is 1.14 bits per heavy atom. The van der Waals surface area contributed by atoms with Gasteiger partial charge in [-0.05, 0) is 30.7 Å². The van der Waals surface area contributed by atoms with Gasteiger partial charge in [0.1, 0.15) is 5.76 Å². The molecule has 0 aromatic heterocycles. The van der Waals surface area contributed by atoms with Crippen LogP contribution in [0.1, 0.15) is 23.6 Å². The number of hydrogen-bond donors (Lipinski definition) is 0. The Morgan fingerprint density at radius 2 is 1.86 bits per heavy atom. The smallest absolute Gasteiger partial charge is 0.409 e. The van der Waals surface area contributed by atoms with E-state index in [-0.39, 0.29) is 5.91 Å². The van der Waals surface area contributed by atoms with Gasteiger partial charge in [0, 0.05) is 12.5 Å². The van der Waals surface area contributed by atoms with Crippen LogP contribution in [-0.4, -0.2) is 12.0 Å². The summed E-state index contributed by atoms with van der Waals surface area (Å²) in [4.78, 5) is 24.9. The van der Waals surface area contributed by atoms with Crippen LogP contribution in [0.3, 0.4) is 0 Å².